The first-order valence-corrected chi connectivity index (χ1v) is 15.1. The van der Waals surface area contributed by atoms with Crippen LogP contribution in [-0.4, -0.2) is 84.6 Å². The number of nitrogens with zero attached hydrogens (tertiary/aromatic N) is 5. The highest BCUT2D eigenvalue weighted by Gasteiger charge is 2.30. The number of sulfonamides is 1. The standard InChI is InChI=1S/C30H32N6O4S/c31-20-23-6-8-24(9-7-23)22-34-14-12-26(13-15-34)33-29(37)28-11-10-25(21-32-28)30(38)35-16-18-36(19-17-35)41(39,40)27-4-2-1-3-5-27/h1-11,21,26H,12-19,22H2,(H,33,37). The van der Waals surface area contributed by atoms with E-state index in [9.17, 15) is 18.0 Å². The van der Waals surface area contributed by atoms with Gasteiger partial charge in [-0.15, -0.1) is 0 Å². The summed E-state index contributed by atoms with van der Waals surface area (Å²) in [5, 5.41) is 12.0. The van der Waals surface area contributed by atoms with E-state index in [1.807, 2.05) is 24.3 Å². The molecule has 41 heavy (non-hydrogen) atoms. The van der Waals surface area contributed by atoms with E-state index in [4.69, 9.17) is 5.26 Å². The monoisotopic (exact) mass is 572 g/mol. The molecule has 0 saturated carbocycles. The Morgan fingerprint density at radius 2 is 1.59 bits per heavy atom. The lowest BCUT2D eigenvalue weighted by molar-refractivity contribution is 0.0696. The van der Waals surface area contributed by atoms with Crippen LogP contribution >= 0.6 is 0 Å². The third-order valence-corrected chi connectivity index (χ3v) is 9.47. The van der Waals surface area contributed by atoms with Crippen molar-refractivity contribution in [3.63, 3.8) is 0 Å². The summed E-state index contributed by atoms with van der Waals surface area (Å²) in [6.45, 7) is 3.49. The van der Waals surface area contributed by atoms with Gasteiger partial charge in [0, 0.05) is 58.1 Å². The predicted molar refractivity (Wildman–Crippen MR) is 152 cm³/mol. The highest BCUT2D eigenvalue weighted by Crippen LogP contribution is 2.19. The summed E-state index contributed by atoms with van der Waals surface area (Å²) in [5.74, 6) is -0.509. The Labute approximate surface area is 240 Å². The summed E-state index contributed by atoms with van der Waals surface area (Å²) in [4.78, 5) is 34.2. The molecule has 3 heterocycles. The van der Waals surface area contributed by atoms with E-state index >= 15 is 0 Å². The average molecular weight is 573 g/mol. The van der Waals surface area contributed by atoms with Gasteiger partial charge >= 0.3 is 0 Å². The maximum absolute atomic E-state index is 13.0. The van der Waals surface area contributed by atoms with Crippen LogP contribution in [0.5, 0.6) is 0 Å². The van der Waals surface area contributed by atoms with Gasteiger partial charge < -0.3 is 10.2 Å². The number of likely N-dealkylation sites (tertiary alicyclic amines) is 1. The minimum absolute atomic E-state index is 0.0475. The molecule has 5 rings (SSSR count). The van der Waals surface area contributed by atoms with Crippen LogP contribution < -0.4 is 5.32 Å². The number of amides is 2. The molecule has 2 aliphatic heterocycles. The van der Waals surface area contributed by atoms with Crippen molar-refractivity contribution in [1.82, 2.24) is 24.4 Å². The Bertz CT molecular complexity index is 1510. The van der Waals surface area contributed by atoms with Crippen LogP contribution in [0.2, 0.25) is 0 Å². The van der Waals surface area contributed by atoms with Crippen molar-refractivity contribution < 1.29 is 18.0 Å². The van der Waals surface area contributed by atoms with Gasteiger partial charge in [0.2, 0.25) is 10.0 Å². The Balaban J connectivity index is 1.08. The lowest BCUT2D eigenvalue weighted by Gasteiger charge is -2.34. The van der Waals surface area contributed by atoms with Gasteiger partial charge in [-0.3, -0.25) is 19.5 Å². The molecule has 0 aliphatic carbocycles. The molecule has 0 unspecified atom stereocenters. The van der Waals surface area contributed by atoms with Crippen LogP contribution in [0.25, 0.3) is 0 Å². The number of pyridine rings is 1. The smallest absolute Gasteiger partial charge is 0.270 e. The predicted octanol–water partition coefficient (Wildman–Crippen LogP) is 2.49. The SMILES string of the molecule is N#Cc1ccc(CN2CCC(NC(=O)c3ccc(C(=O)N4CCN(S(=O)(=O)c5ccccc5)CC4)cn3)CC2)cc1. The lowest BCUT2D eigenvalue weighted by Crippen LogP contribution is -2.50. The summed E-state index contributed by atoms with van der Waals surface area (Å²) in [5.41, 5.74) is 2.41. The number of rotatable bonds is 7. The molecular formula is C30H32N6O4S. The van der Waals surface area contributed by atoms with Crippen LogP contribution in [0.3, 0.4) is 0 Å². The normalized spacial score (nSPS) is 17.1. The Hall–Kier alpha value is -4.11. The fourth-order valence-corrected chi connectivity index (χ4v) is 6.59. The highest BCUT2D eigenvalue weighted by atomic mass is 32.2. The third-order valence-electron chi connectivity index (χ3n) is 7.56. The average Bonchev–Trinajstić information content (AvgIpc) is 3.02. The van der Waals surface area contributed by atoms with E-state index in [1.165, 1.54) is 10.5 Å². The molecular weight excluding hydrogens is 540 g/mol. The quantitative estimate of drug-likeness (QED) is 0.461. The fourth-order valence-electron chi connectivity index (χ4n) is 5.15. The molecule has 2 fully saturated rings. The third kappa shape index (κ3) is 6.79. The van der Waals surface area contributed by atoms with Crippen LogP contribution in [0.1, 0.15) is 44.8 Å². The summed E-state index contributed by atoms with van der Waals surface area (Å²) < 4.78 is 27.1. The van der Waals surface area contributed by atoms with Crippen molar-refractivity contribution in [2.45, 2.75) is 30.3 Å². The van der Waals surface area contributed by atoms with E-state index in [2.05, 4.69) is 21.3 Å². The van der Waals surface area contributed by atoms with E-state index in [-0.39, 0.29) is 54.6 Å². The number of nitriles is 1. The number of carbonyl (C=O) groups excluding carboxylic acids is 2. The summed E-state index contributed by atoms with van der Waals surface area (Å²) in [7, 11) is -3.60. The molecule has 2 amide bonds. The first-order valence-electron chi connectivity index (χ1n) is 13.7. The number of hydrogen-bond acceptors (Lipinski definition) is 7. The topological polar surface area (TPSA) is 127 Å². The van der Waals surface area contributed by atoms with Crippen LogP contribution in [0, 0.1) is 11.3 Å². The summed E-state index contributed by atoms with van der Waals surface area (Å²) >= 11 is 0. The molecule has 1 aromatic heterocycles. The van der Waals surface area contributed by atoms with Crippen molar-refractivity contribution >= 4 is 21.8 Å². The van der Waals surface area contributed by atoms with Gasteiger partial charge in [0.05, 0.1) is 22.1 Å². The van der Waals surface area contributed by atoms with Gasteiger partial charge in [-0.05, 0) is 54.8 Å². The Morgan fingerprint density at radius 3 is 2.20 bits per heavy atom. The molecule has 0 bridgehead atoms. The molecule has 0 spiro atoms. The van der Waals surface area contributed by atoms with E-state index < -0.39 is 10.0 Å². The van der Waals surface area contributed by atoms with E-state index in [0.717, 1.165) is 38.0 Å². The van der Waals surface area contributed by atoms with Crippen LogP contribution in [0.4, 0.5) is 0 Å². The molecule has 0 atom stereocenters. The van der Waals surface area contributed by atoms with E-state index in [0.29, 0.717) is 11.1 Å². The maximum atomic E-state index is 13.0. The van der Waals surface area contributed by atoms with Crippen LogP contribution in [0.15, 0.2) is 77.8 Å². The minimum atomic E-state index is -3.60. The molecule has 2 aromatic carbocycles. The zero-order chi connectivity index (χ0) is 28.8. The van der Waals surface area contributed by atoms with Gasteiger partial charge in [-0.25, -0.2) is 8.42 Å². The number of carbonyl (C=O) groups is 2. The number of benzene rings is 2. The first kappa shape index (κ1) is 28.4. The number of piperidine rings is 1. The second-order valence-corrected chi connectivity index (χ2v) is 12.2. The van der Waals surface area contributed by atoms with Crippen molar-refractivity contribution in [1.29, 1.82) is 5.26 Å². The molecule has 2 saturated heterocycles. The van der Waals surface area contributed by atoms with Gasteiger partial charge in [0.25, 0.3) is 11.8 Å². The van der Waals surface area contributed by atoms with Gasteiger partial charge in [0.15, 0.2) is 0 Å². The second kappa shape index (κ2) is 12.6. The van der Waals surface area contributed by atoms with Crippen molar-refractivity contribution in [3.8, 4) is 6.07 Å². The number of hydrogen-bond donors (Lipinski definition) is 1. The number of aromatic nitrogens is 1. The zero-order valence-corrected chi connectivity index (χ0v) is 23.5. The second-order valence-electron chi connectivity index (χ2n) is 10.3. The molecule has 11 heteroatoms. The highest BCUT2D eigenvalue weighted by molar-refractivity contribution is 7.89. The summed E-state index contributed by atoms with van der Waals surface area (Å²) in [6, 6.07) is 21.2. The van der Waals surface area contributed by atoms with Crippen molar-refractivity contribution in [2.75, 3.05) is 39.3 Å². The van der Waals surface area contributed by atoms with Crippen LogP contribution in [-0.2, 0) is 16.6 Å². The largest absolute Gasteiger partial charge is 0.348 e. The van der Waals surface area contributed by atoms with Gasteiger partial charge in [-0.1, -0.05) is 30.3 Å². The van der Waals surface area contributed by atoms with Crippen molar-refractivity contribution in [2.24, 2.45) is 0 Å². The lowest BCUT2D eigenvalue weighted by atomic mass is 10.0. The Kier molecular flexibility index (Phi) is 8.73. The molecule has 212 valence electrons. The molecule has 0 radical (unpaired) electrons. The van der Waals surface area contributed by atoms with E-state index in [1.54, 1.807) is 47.4 Å². The first-order chi connectivity index (χ1) is 19.8. The Morgan fingerprint density at radius 1 is 0.902 bits per heavy atom. The number of nitrogens with one attached hydrogen (secondary N) is 1. The molecule has 10 nitrogen and oxygen atoms in total. The zero-order valence-electron chi connectivity index (χ0n) is 22.6. The number of piperazine rings is 1. The molecule has 1 N–H and O–H groups in total. The fraction of sp³-hybridized carbons (Fsp3) is 0.333. The van der Waals surface area contributed by atoms with Gasteiger partial charge in [-0.2, -0.15) is 9.57 Å². The minimum Gasteiger partial charge on any atom is -0.348 e. The molecule has 2 aliphatic rings. The van der Waals surface area contributed by atoms with Gasteiger partial charge in [0.1, 0.15) is 5.69 Å². The van der Waals surface area contributed by atoms with Crippen molar-refractivity contribution in [3.05, 3.63) is 95.3 Å². The summed E-state index contributed by atoms with van der Waals surface area (Å²) in [6.07, 6.45) is 3.06. The maximum Gasteiger partial charge on any atom is 0.270 e. The molecule has 3 aromatic rings.